The SMILES string of the molecule is [CH2]C1CC2C3CCC(C3)C2C1. The number of hydrogen-bond acceptors (Lipinski definition) is 0. The van der Waals surface area contributed by atoms with Crippen LogP contribution >= 0.6 is 0 Å². The lowest BCUT2D eigenvalue weighted by molar-refractivity contribution is 0.259. The Morgan fingerprint density at radius 1 is 0.818 bits per heavy atom. The van der Waals surface area contributed by atoms with Gasteiger partial charge in [0.15, 0.2) is 0 Å². The van der Waals surface area contributed by atoms with Gasteiger partial charge in [0.2, 0.25) is 0 Å². The van der Waals surface area contributed by atoms with Gasteiger partial charge in [-0.1, -0.05) is 6.92 Å². The summed E-state index contributed by atoms with van der Waals surface area (Å²) in [6, 6.07) is 0. The minimum absolute atomic E-state index is 0.813. The third-order valence-electron chi connectivity index (χ3n) is 4.49. The maximum atomic E-state index is 4.22. The lowest BCUT2D eigenvalue weighted by Crippen LogP contribution is -2.15. The van der Waals surface area contributed by atoms with E-state index in [2.05, 4.69) is 6.92 Å². The quantitative estimate of drug-likeness (QED) is 0.497. The zero-order valence-corrected chi connectivity index (χ0v) is 7.13. The van der Waals surface area contributed by atoms with E-state index in [9.17, 15) is 0 Å². The molecule has 2 bridgehead atoms. The van der Waals surface area contributed by atoms with Gasteiger partial charge < -0.3 is 0 Å². The molecule has 0 nitrogen and oxygen atoms in total. The third-order valence-corrected chi connectivity index (χ3v) is 4.49. The molecule has 0 amide bonds. The van der Waals surface area contributed by atoms with E-state index in [0.717, 1.165) is 29.6 Å². The molecule has 3 aliphatic carbocycles. The second-order valence-corrected chi connectivity index (χ2v) is 5.00. The van der Waals surface area contributed by atoms with Crippen molar-refractivity contribution < 1.29 is 0 Å². The summed E-state index contributed by atoms with van der Waals surface area (Å²) in [5.74, 6) is 5.33. The first kappa shape index (κ1) is 6.51. The maximum absolute atomic E-state index is 4.22. The first-order valence-electron chi connectivity index (χ1n) is 5.17. The van der Waals surface area contributed by atoms with Gasteiger partial charge in [0.25, 0.3) is 0 Å². The Morgan fingerprint density at radius 3 is 1.91 bits per heavy atom. The van der Waals surface area contributed by atoms with Crippen LogP contribution in [0.2, 0.25) is 0 Å². The summed E-state index contributed by atoms with van der Waals surface area (Å²) in [5.41, 5.74) is 0. The monoisotopic (exact) mass is 149 g/mol. The number of fused-ring (bicyclic) bond motifs is 5. The van der Waals surface area contributed by atoms with Crippen molar-refractivity contribution in [3.8, 4) is 0 Å². The van der Waals surface area contributed by atoms with Crippen molar-refractivity contribution in [2.24, 2.45) is 29.6 Å². The molecule has 0 aromatic heterocycles. The van der Waals surface area contributed by atoms with E-state index in [1.165, 1.54) is 12.8 Å². The molecule has 0 aromatic rings. The van der Waals surface area contributed by atoms with Gasteiger partial charge in [0.05, 0.1) is 0 Å². The molecule has 3 saturated carbocycles. The first-order valence-corrected chi connectivity index (χ1v) is 5.17. The minimum atomic E-state index is 0.813. The average molecular weight is 149 g/mol. The molecule has 3 fully saturated rings. The van der Waals surface area contributed by atoms with Gasteiger partial charge >= 0.3 is 0 Å². The Balaban J connectivity index is 1.87. The van der Waals surface area contributed by atoms with Crippen LogP contribution in [-0.2, 0) is 0 Å². The molecule has 61 valence electrons. The smallest absolute Gasteiger partial charge is 0.0352 e. The summed E-state index contributed by atoms with van der Waals surface area (Å²) in [4.78, 5) is 0. The van der Waals surface area contributed by atoms with Gasteiger partial charge in [-0.05, 0) is 61.7 Å². The standard InChI is InChI=1S/C11H17/c1-7-4-10-8-2-3-9(6-8)11(10)5-7/h7-11H,1-6H2. The van der Waals surface area contributed by atoms with E-state index in [1.807, 2.05) is 0 Å². The fraction of sp³-hybridized carbons (Fsp3) is 0.909. The Kier molecular flexibility index (Phi) is 1.20. The summed E-state index contributed by atoms with van der Waals surface area (Å²) in [6.45, 7) is 4.22. The highest BCUT2D eigenvalue weighted by molar-refractivity contribution is 5.01. The van der Waals surface area contributed by atoms with Gasteiger partial charge in [0, 0.05) is 0 Å². The van der Waals surface area contributed by atoms with E-state index in [4.69, 9.17) is 0 Å². The molecule has 0 N–H and O–H groups in total. The Hall–Kier alpha value is 0. The molecule has 4 unspecified atom stereocenters. The van der Waals surface area contributed by atoms with E-state index in [1.54, 1.807) is 19.3 Å². The average Bonchev–Trinajstić information content (AvgIpc) is 2.53. The van der Waals surface area contributed by atoms with Crippen molar-refractivity contribution in [3.63, 3.8) is 0 Å². The molecule has 0 heteroatoms. The van der Waals surface area contributed by atoms with Crippen LogP contribution in [0.15, 0.2) is 0 Å². The van der Waals surface area contributed by atoms with Gasteiger partial charge in [-0.3, -0.25) is 0 Å². The zero-order valence-electron chi connectivity index (χ0n) is 7.13. The first-order chi connectivity index (χ1) is 5.34. The molecular weight excluding hydrogens is 132 g/mol. The molecule has 3 aliphatic rings. The largest absolute Gasteiger partial charge is 0.0502 e. The van der Waals surface area contributed by atoms with Crippen molar-refractivity contribution in [1.29, 1.82) is 0 Å². The molecule has 0 aromatic carbocycles. The van der Waals surface area contributed by atoms with Gasteiger partial charge in [0.1, 0.15) is 0 Å². The summed E-state index contributed by atoms with van der Waals surface area (Å²) in [7, 11) is 0. The van der Waals surface area contributed by atoms with Crippen LogP contribution in [0.3, 0.4) is 0 Å². The molecular formula is C11H17. The molecule has 0 aliphatic heterocycles. The van der Waals surface area contributed by atoms with Crippen molar-refractivity contribution >= 4 is 0 Å². The molecule has 1 radical (unpaired) electrons. The second-order valence-electron chi connectivity index (χ2n) is 5.00. The topological polar surface area (TPSA) is 0 Å². The van der Waals surface area contributed by atoms with Crippen molar-refractivity contribution in [3.05, 3.63) is 6.92 Å². The van der Waals surface area contributed by atoms with Gasteiger partial charge in [-0.15, -0.1) is 0 Å². The molecule has 0 spiro atoms. The summed E-state index contributed by atoms with van der Waals surface area (Å²) >= 11 is 0. The molecule has 4 atom stereocenters. The van der Waals surface area contributed by atoms with Crippen LogP contribution in [0.5, 0.6) is 0 Å². The number of rotatable bonds is 0. The normalized spacial score (nSPS) is 60.3. The third kappa shape index (κ3) is 0.761. The van der Waals surface area contributed by atoms with E-state index in [-0.39, 0.29) is 0 Å². The van der Waals surface area contributed by atoms with Crippen molar-refractivity contribution in [2.75, 3.05) is 0 Å². The lowest BCUT2D eigenvalue weighted by atomic mass is 9.82. The maximum Gasteiger partial charge on any atom is -0.0352 e. The lowest BCUT2D eigenvalue weighted by Gasteiger charge is -2.23. The predicted octanol–water partition coefficient (Wildman–Crippen LogP) is 2.89. The number of hydrogen-bond donors (Lipinski definition) is 0. The van der Waals surface area contributed by atoms with Crippen molar-refractivity contribution in [1.82, 2.24) is 0 Å². The van der Waals surface area contributed by atoms with Crippen LogP contribution in [0.1, 0.15) is 32.1 Å². The summed E-state index contributed by atoms with van der Waals surface area (Å²) in [6.07, 6.45) is 7.62. The highest BCUT2D eigenvalue weighted by atomic mass is 14.6. The predicted molar refractivity (Wildman–Crippen MR) is 45.9 cm³/mol. The van der Waals surface area contributed by atoms with Gasteiger partial charge in [-0.2, -0.15) is 0 Å². The highest BCUT2D eigenvalue weighted by Gasteiger charge is 2.50. The van der Waals surface area contributed by atoms with Crippen LogP contribution in [0.4, 0.5) is 0 Å². The fourth-order valence-corrected chi connectivity index (χ4v) is 4.13. The van der Waals surface area contributed by atoms with E-state index in [0.29, 0.717) is 0 Å². The molecule has 0 heterocycles. The Bertz CT molecular complexity index is 155. The summed E-state index contributed by atoms with van der Waals surface area (Å²) in [5, 5.41) is 0. The molecule has 0 saturated heterocycles. The summed E-state index contributed by atoms with van der Waals surface area (Å²) < 4.78 is 0. The van der Waals surface area contributed by atoms with Crippen LogP contribution in [0.25, 0.3) is 0 Å². The zero-order chi connectivity index (χ0) is 7.42. The van der Waals surface area contributed by atoms with Crippen molar-refractivity contribution in [2.45, 2.75) is 32.1 Å². The van der Waals surface area contributed by atoms with E-state index < -0.39 is 0 Å². The van der Waals surface area contributed by atoms with Crippen LogP contribution < -0.4 is 0 Å². The Labute approximate surface area is 69.4 Å². The fourth-order valence-electron chi connectivity index (χ4n) is 4.13. The molecule has 3 rings (SSSR count). The molecule has 11 heavy (non-hydrogen) atoms. The van der Waals surface area contributed by atoms with Gasteiger partial charge in [-0.25, -0.2) is 0 Å². The second kappa shape index (κ2) is 2.02. The van der Waals surface area contributed by atoms with Crippen LogP contribution in [-0.4, -0.2) is 0 Å². The van der Waals surface area contributed by atoms with Crippen LogP contribution in [0, 0.1) is 36.5 Å². The minimum Gasteiger partial charge on any atom is -0.0502 e. The highest BCUT2D eigenvalue weighted by Crippen LogP contribution is 2.59. The van der Waals surface area contributed by atoms with E-state index >= 15 is 0 Å². The Morgan fingerprint density at radius 2 is 1.36 bits per heavy atom.